The fourth-order valence-corrected chi connectivity index (χ4v) is 4.03. The number of rotatable bonds is 5. The number of pyridine rings is 1. The number of aromatic nitrogens is 3. The number of thiophene rings is 1. The maximum Gasteiger partial charge on any atom is 0.181 e. The molecule has 5 nitrogen and oxygen atoms in total. The van der Waals surface area contributed by atoms with Crippen LogP contribution < -0.4 is 10.1 Å². The molecule has 3 heterocycles. The van der Waals surface area contributed by atoms with Crippen LogP contribution in [0.3, 0.4) is 0 Å². The number of aryl methyl sites for hydroxylation is 1. The molecule has 1 aromatic carbocycles. The Kier molecular flexibility index (Phi) is 4.92. The van der Waals surface area contributed by atoms with Crippen molar-refractivity contribution in [2.45, 2.75) is 13.5 Å². The van der Waals surface area contributed by atoms with Crippen LogP contribution in [0.4, 0.5) is 5.82 Å². The molecule has 27 heavy (non-hydrogen) atoms. The van der Waals surface area contributed by atoms with E-state index in [1.807, 2.05) is 36.4 Å². The molecule has 0 fully saturated rings. The largest absolute Gasteiger partial charge is 0.495 e. The van der Waals surface area contributed by atoms with Crippen LogP contribution in [-0.2, 0) is 6.54 Å². The SMILES string of the molecule is COc1ccc(CNc2nc(-c3ccccn3)nc3scc(C)c23)cc1Cl. The molecule has 7 heteroatoms. The Labute approximate surface area is 166 Å². The van der Waals surface area contributed by atoms with Gasteiger partial charge in [-0.3, -0.25) is 4.98 Å². The zero-order chi connectivity index (χ0) is 18.8. The van der Waals surface area contributed by atoms with E-state index in [2.05, 4.69) is 27.6 Å². The summed E-state index contributed by atoms with van der Waals surface area (Å²) in [5, 5.41) is 7.16. The van der Waals surface area contributed by atoms with E-state index in [9.17, 15) is 0 Å². The molecule has 0 bridgehead atoms. The average Bonchev–Trinajstić information content (AvgIpc) is 3.08. The van der Waals surface area contributed by atoms with Gasteiger partial charge >= 0.3 is 0 Å². The zero-order valence-corrected chi connectivity index (χ0v) is 16.4. The van der Waals surface area contributed by atoms with Gasteiger partial charge in [0.15, 0.2) is 5.82 Å². The van der Waals surface area contributed by atoms with E-state index >= 15 is 0 Å². The topological polar surface area (TPSA) is 59.9 Å². The predicted molar refractivity (Wildman–Crippen MR) is 111 cm³/mol. The number of halogens is 1. The summed E-state index contributed by atoms with van der Waals surface area (Å²) in [7, 11) is 1.61. The van der Waals surface area contributed by atoms with Crippen LogP contribution in [-0.4, -0.2) is 22.1 Å². The number of hydrogen-bond acceptors (Lipinski definition) is 6. The van der Waals surface area contributed by atoms with Gasteiger partial charge in [0.1, 0.15) is 22.1 Å². The third-order valence-corrected chi connectivity index (χ3v) is 5.47. The molecule has 0 amide bonds. The summed E-state index contributed by atoms with van der Waals surface area (Å²) >= 11 is 7.84. The number of nitrogens with one attached hydrogen (secondary N) is 1. The van der Waals surface area contributed by atoms with Gasteiger partial charge in [-0.1, -0.05) is 23.7 Å². The fourth-order valence-electron chi connectivity index (χ4n) is 2.83. The monoisotopic (exact) mass is 396 g/mol. The molecule has 1 N–H and O–H groups in total. The van der Waals surface area contributed by atoms with Gasteiger partial charge in [-0.2, -0.15) is 0 Å². The van der Waals surface area contributed by atoms with Crippen molar-refractivity contribution in [1.29, 1.82) is 0 Å². The van der Waals surface area contributed by atoms with Crippen LogP contribution in [0, 0.1) is 6.92 Å². The summed E-state index contributed by atoms with van der Waals surface area (Å²) in [6.07, 6.45) is 1.75. The highest BCUT2D eigenvalue weighted by atomic mass is 35.5. The van der Waals surface area contributed by atoms with Crippen molar-refractivity contribution in [1.82, 2.24) is 15.0 Å². The number of methoxy groups -OCH3 is 1. The second-order valence-electron chi connectivity index (χ2n) is 6.03. The standard InChI is InChI=1S/C20H17ClN4OS/c1-12-11-27-20-17(12)19(24-18(25-20)15-5-3-4-8-22-15)23-10-13-6-7-16(26-2)14(21)9-13/h3-9,11H,10H2,1-2H3,(H,23,24,25). The Hall–Kier alpha value is -2.70. The van der Waals surface area contributed by atoms with Crippen LogP contribution in [0.1, 0.15) is 11.1 Å². The van der Waals surface area contributed by atoms with Gasteiger partial charge in [0.05, 0.1) is 17.5 Å². The first-order valence-electron chi connectivity index (χ1n) is 8.39. The minimum absolute atomic E-state index is 0.588. The number of nitrogens with zero attached hydrogens (tertiary/aromatic N) is 3. The summed E-state index contributed by atoms with van der Waals surface area (Å²) in [6, 6.07) is 11.5. The number of hydrogen-bond donors (Lipinski definition) is 1. The van der Waals surface area contributed by atoms with E-state index in [-0.39, 0.29) is 0 Å². The molecule has 3 aromatic heterocycles. The maximum atomic E-state index is 6.23. The van der Waals surface area contributed by atoms with Gasteiger partial charge in [0, 0.05) is 12.7 Å². The van der Waals surface area contributed by atoms with Crippen molar-refractivity contribution >= 4 is 39.0 Å². The third-order valence-electron chi connectivity index (χ3n) is 4.19. The minimum atomic E-state index is 0.588. The Morgan fingerprint density at radius 3 is 2.81 bits per heavy atom. The lowest BCUT2D eigenvalue weighted by atomic mass is 10.2. The molecule has 0 aliphatic rings. The Balaban J connectivity index is 1.69. The molecule has 0 saturated carbocycles. The fraction of sp³-hybridized carbons (Fsp3) is 0.150. The first kappa shape index (κ1) is 17.7. The van der Waals surface area contributed by atoms with E-state index in [1.54, 1.807) is 24.6 Å². The quantitative estimate of drug-likeness (QED) is 0.493. The van der Waals surface area contributed by atoms with Crippen molar-refractivity contribution in [2.75, 3.05) is 12.4 Å². The van der Waals surface area contributed by atoms with Crippen LogP contribution in [0.25, 0.3) is 21.7 Å². The van der Waals surface area contributed by atoms with Crippen molar-refractivity contribution < 1.29 is 4.74 Å². The molecule has 4 rings (SSSR count). The van der Waals surface area contributed by atoms with Gasteiger partial charge in [-0.15, -0.1) is 11.3 Å². The van der Waals surface area contributed by atoms with E-state index in [4.69, 9.17) is 21.3 Å². The molecule has 0 aliphatic heterocycles. The second kappa shape index (κ2) is 7.50. The smallest absolute Gasteiger partial charge is 0.181 e. The molecule has 0 aliphatic carbocycles. The Bertz CT molecular complexity index is 1100. The Morgan fingerprint density at radius 2 is 2.07 bits per heavy atom. The summed E-state index contributed by atoms with van der Waals surface area (Å²) in [5.74, 6) is 2.07. The maximum absolute atomic E-state index is 6.23. The molecule has 0 radical (unpaired) electrons. The van der Waals surface area contributed by atoms with Gasteiger partial charge in [0.25, 0.3) is 0 Å². The second-order valence-corrected chi connectivity index (χ2v) is 7.30. The summed E-state index contributed by atoms with van der Waals surface area (Å²) in [6.45, 7) is 2.66. The van der Waals surface area contributed by atoms with Gasteiger partial charge in [-0.25, -0.2) is 9.97 Å². The van der Waals surface area contributed by atoms with Crippen LogP contribution >= 0.6 is 22.9 Å². The lowest BCUT2D eigenvalue weighted by Crippen LogP contribution is -2.04. The lowest BCUT2D eigenvalue weighted by molar-refractivity contribution is 0.415. The molecular formula is C20H17ClN4OS. The van der Waals surface area contributed by atoms with Crippen molar-refractivity contribution in [3.63, 3.8) is 0 Å². The molecule has 0 unspecified atom stereocenters. The number of fused-ring (bicyclic) bond motifs is 1. The zero-order valence-electron chi connectivity index (χ0n) is 14.9. The normalized spacial score (nSPS) is 10.9. The first-order chi connectivity index (χ1) is 13.2. The first-order valence-corrected chi connectivity index (χ1v) is 9.65. The van der Waals surface area contributed by atoms with Gasteiger partial charge in [-0.05, 0) is 47.7 Å². The molecule has 0 atom stereocenters. The van der Waals surface area contributed by atoms with E-state index in [0.717, 1.165) is 32.9 Å². The van der Waals surface area contributed by atoms with Crippen molar-refractivity contribution in [2.24, 2.45) is 0 Å². The van der Waals surface area contributed by atoms with Gasteiger partial charge in [0.2, 0.25) is 0 Å². The summed E-state index contributed by atoms with van der Waals surface area (Å²) in [5.41, 5.74) is 2.94. The minimum Gasteiger partial charge on any atom is -0.495 e. The summed E-state index contributed by atoms with van der Waals surface area (Å²) < 4.78 is 5.21. The van der Waals surface area contributed by atoms with Crippen molar-refractivity contribution in [3.05, 3.63) is 64.1 Å². The number of anilines is 1. The highest BCUT2D eigenvalue weighted by Crippen LogP contribution is 2.32. The molecule has 4 aromatic rings. The molecular weight excluding hydrogens is 380 g/mol. The number of ether oxygens (including phenoxy) is 1. The predicted octanol–water partition coefficient (Wildman–Crippen LogP) is 5.34. The van der Waals surface area contributed by atoms with E-state index < -0.39 is 0 Å². The van der Waals surface area contributed by atoms with E-state index in [1.165, 1.54) is 0 Å². The Morgan fingerprint density at radius 1 is 1.19 bits per heavy atom. The molecule has 0 saturated heterocycles. The van der Waals surface area contributed by atoms with Crippen LogP contribution in [0.2, 0.25) is 5.02 Å². The highest BCUT2D eigenvalue weighted by Gasteiger charge is 2.14. The molecule has 0 spiro atoms. The highest BCUT2D eigenvalue weighted by molar-refractivity contribution is 7.17. The van der Waals surface area contributed by atoms with Gasteiger partial charge < -0.3 is 10.1 Å². The molecule has 136 valence electrons. The lowest BCUT2D eigenvalue weighted by Gasteiger charge is -2.11. The third kappa shape index (κ3) is 3.59. The van der Waals surface area contributed by atoms with Crippen molar-refractivity contribution in [3.8, 4) is 17.3 Å². The average molecular weight is 397 g/mol. The number of benzene rings is 1. The van der Waals surface area contributed by atoms with Crippen LogP contribution in [0.15, 0.2) is 48.0 Å². The van der Waals surface area contributed by atoms with Crippen LogP contribution in [0.5, 0.6) is 5.75 Å². The van der Waals surface area contributed by atoms with E-state index in [0.29, 0.717) is 23.1 Å². The summed E-state index contributed by atoms with van der Waals surface area (Å²) in [4.78, 5) is 14.7.